The quantitative estimate of drug-likeness (QED) is 0.290. The van der Waals surface area contributed by atoms with Crippen LogP contribution < -0.4 is 9.64 Å². The van der Waals surface area contributed by atoms with E-state index in [1.165, 1.54) is 4.90 Å². The molecule has 1 saturated heterocycles. The van der Waals surface area contributed by atoms with Gasteiger partial charge in [0, 0.05) is 11.3 Å². The highest BCUT2D eigenvalue weighted by Gasteiger charge is 2.47. The van der Waals surface area contributed by atoms with Crippen LogP contribution >= 0.6 is 0 Å². The summed E-state index contributed by atoms with van der Waals surface area (Å²) in [5.41, 5.74) is 4.06. The SMILES string of the molecule is CCCOc1ccc(C2/C(=C(/O)c3ccc(C)c(C)c3)C(=O)C(=O)N2c2ccc(C#N)cc2)cc1. The molecular formula is C29H26N2O4. The van der Waals surface area contributed by atoms with Crippen LogP contribution in [0.3, 0.4) is 0 Å². The molecule has 3 aromatic carbocycles. The Morgan fingerprint density at radius 1 is 1.00 bits per heavy atom. The van der Waals surface area contributed by atoms with Gasteiger partial charge in [0.05, 0.1) is 29.9 Å². The third kappa shape index (κ3) is 4.53. The number of anilines is 1. The van der Waals surface area contributed by atoms with E-state index in [9.17, 15) is 14.7 Å². The first-order chi connectivity index (χ1) is 16.8. The summed E-state index contributed by atoms with van der Waals surface area (Å²) in [7, 11) is 0. The standard InChI is InChI=1S/C29H26N2O4/c1-4-15-35-24-13-9-21(10-14-24)26-25(27(32)22-8-5-18(2)19(3)16-22)28(33)29(34)31(26)23-11-6-20(17-30)7-12-23/h5-14,16,26,32H,4,15H2,1-3H3/b27-25-. The number of hydrogen-bond donors (Lipinski definition) is 1. The maximum Gasteiger partial charge on any atom is 0.300 e. The molecule has 1 atom stereocenters. The summed E-state index contributed by atoms with van der Waals surface area (Å²) >= 11 is 0. The third-order valence-electron chi connectivity index (χ3n) is 6.17. The van der Waals surface area contributed by atoms with Crippen LogP contribution in [0.1, 0.15) is 47.2 Å². The summed E-state index contributed by atoms with van der Waals surface area (Å²) < 4.78 is 5.68. The van der Waals surface area contributed by atoms with Crippen molar-refractivity contribution in [1.82, 2.24) is 0 Å². The van der Waals surface area contributed by atoms with Gasteiger partial charge in [0.25, 0.3) is 11.7 Å². The largest absolute Gasteiger partial charge is 0.507 e. The zero-order valence-corrected chi connectivity index (χ0v) is 19.9. The minimum Gasteiger partial charge on any atom is -0.507 e. The number of carbonyl (C=O) groups is 2. The van der Waals surface area contributed by atoms with Gasteiger partial charge in [-0.3, -0.25) is 14.5 Å². The molecular weight excluding hydrogens is 440 g/mol. The molecule has 0 bridgehead atoms. The van der Waals surface area contributed by atoms with Crippen LogP contribution in [0.2, 0.25) is 0 Å². The third-order valence-corrected chi connectivity index (χ3v) is 6.17. The van der Waals surface area contributed by atoms with Crippen molar-refractivity contribution in [3.63, 3.8) is 0 Å². The van der Waals surface area contributed by atoms with Crippen molar-refractivity contribution in [2.75, 3.05) is 11.5 Å². The van der Waals surface area contributed by atoms with Crippen LogP contribution in [0.15, 0.2) is 72.3 Å². The van der Waals surface area contributed by atoms with E-state index in [-0.39, 0.29) is 11.3 Å². The molecule has 0 saturated carbocycles. The Morgan fingerprint density at radius 3 is 2.29 bits per heavy atom. The van der Waals surface area contributed by atoms with Gasteiger partial charge in [-0.05, 0) is 79.4 Å². The lowest BCUT2D eigenvalue weighted by Gasteiger charge is -2.25. The highest BCUT2D eigenvalue weighted by molar-refractivity contribution is 6.51. The van der Waals surface area contributed by atoms with Crippen molar-refractivity contribution >= 4 is 23.1 Å². The minimum absolute atomic E-state index is 0.0184. The lowest BCUT2D eigenvalue weighted by molar-refractivity contribution is -0.132. The molecule has 4 rings (SSSR count). The van der Waals surface area contributed by atoms with Crippen LogP contribution in [0.5, 0.6) is 5.75 Å². The zero-order chi connectivity index (χ0) is 25.1. The number of ether oxygens (including phenoxy) is 1. The van der Waals surface area contributed by atoms with E-state index < -0.39 is 17.7 Å². The molecule has 1 amide bonds. The first-order valence-electron chi connectivity index (χ1n) is 11.5. The molecule has 0 aliphatic carbocycles. The normalized spacial score (nSPS) is 16.9. The number of rotatable bonds is 6. The molecule has 1 unspecified atom stereocenters. The van der Waals surface area contributed by atoms with E-state index in [1.807, 2.05) is 26.8 Å². The summed E-state index contributed by atoms with van der Waals surface area (Å²) in [6, 6.07) is 20.3. The number of aryl methyl sites for hydroxylation is 2. The van der Waals surface area contributed by atoms with Crippen molar-refractivity contribution in [2.24, 2.45) is 0 Å². The number of hydrogen-bond acceptors (Lipinski definition) is 5. The van der Waals surface area contributed by atoms with Crippen LogP contribution in [-0.2, 0) is 9.59 Å². The second-order valence-electron chi connectivity index (χ2n) is 8.54. The Bertz CT molecular complexity index is 1350. The minimum atomic E-state index is -0.843. The fraction of sp³-hybridized carbons (Fsp3) is 0.207. The van der Waals surface area contributed by atoms with Gasteiger partial charge in [0.15, 0.2) is 0 Å². The summed E-state index contributed by atoms with van der Waals surface area (Å²) in [6.45, 7) is 6.49. The topological polar surface area (TPSA) is 90.6 Å². The van der Waals surface area contributed by atoms with Gasteiger partial charge in [0.1, 0.15) is 11.5 Å². The van der Waals surface area contributed by atoms with Crippen molar-refractivity contribution in [2.45, 2.75) is 33.2 Å². The van der Waals surface area contributed by atoms with Crippen LogP contribution in [0.4, 0.5) is 5.69 Å². The lowest BCUT2D eigenvalue weighted by atomic mass is 9.94. The smallest absolute Gasteiger partial charge is 0.300 e. The molecule has 176 valence electrons. The molecule has 35 heavy (non-hydrogen) atoms. The Morgan fingerprint density at radius 2 is 1.69 bits per heavy atom. The van der Waals surface area contributed by atoms with E-state index in [0.29, 0.717) is 34.7 Å². The van der Waals surface area contributed by atoms with Gasteiger partial charge in [0.2, 0.25) is 0 Å². The Balaban J connectivity index is 1.88. The van der Waals surface area contributed by atoms with E-state index >= 15 is 0 Å². The fourth-order valence-electron chi connectivity index (χ4n) is 4.12. The number of benzene rings is 3. The highest BCUT2D eigenvalue weighted by atomic mass is 16.5. The van der Waals surface area contributed by atoms with Crippen LogP contribution in [-0.4, -0.2) is 23.4 Å². The van der Waals surface area contributed by atoms with E-state index in [2.05, 4.69) is 6.07 Å². The predicted octanol–water partition coefficient (Wildman–Crippen LogP) is 5.59. The van der Waals surface area contributed by atoms with Gasteiger partial charge in [-0.25, -0.2) is 0 Å². The molecule has 0 aromatic heterocycles. The van der Waals surface area contributed by atoms with Crippen molar-refractivity contribution in [3.8, 4) is 11.8 Å². The van der Waals surface area contributed by atoms with Crippen molar-refractivity contribution in [3.05, 3.63) is 100 Å². The molecule has 1 N–H and O–H groups in total. The predicted molar refractivity (Wildman–Crippen MR) is 134 cm³/mol. The number of amides is 1. The maximum absolute atomic E-state index is 13.3. The number of carbonyl (C=O) groups excluding carboxylic acids is 2. The Labute approximate surface area is 204 Å². The molecule has 3 aromatic rings. The van der Waals surface area contributed by atoms with Crippen molar-refractivity contribution in [1.29, 1.82) is 5.26 Å². The number of aliphatic hydroxyl groups is 1. The summed E-state index contributed by atoms with van der Waals surface area (Å²) in [5.74, 6) is -1.04. The molecule has 1 aliphatic heterocycles. The monoisotopic (exact) mass is 466 g/mol. The highest BCUT2D eigenvalue weighted by Crippen LogP contribution is 2.42. The molecule has 1 heterocycles. The molecule has 1 fully saturated rings. The molecule has 1 aliphatic rings. The van der Waals surface area contributed by atoms with Crippen molar-refractivity contribution < 1.29 is 19.4 Å². The first kappa shape index (κ1) is 23.8. The number of ketones is 1. The summed E-state index contributed by atoms with van der Waals surface area (Å²) in [6.07, 6.45) is 0.872. The number of nitrogens with zero attached hydrogens (tertiary/aromatic N) is 2. The number of Topliss-reactive ketones (excluding diaryl/α,β-unsaturated/α-hetero) is 1. The fourth-order valence-corrected chi connectivity index (χ4v) is 4.12. The number of aliphatic hydroxyl groups excluding tert-OH is 1. The van der Waals surface area contributed by atoms with Gasteiger partial charge in [-0.15, -0.1) is 0 Å². The molecule has 6 nitrogen and oxygen atoms in total. The molecule has 0 spiro atoms. The zero-order valence-electron chi connectivity index (χ0n) is 19.9. The van der Waals surface area contributed by atoms with E-state index in [0.717, 1.165) is 17.5 Å². The van der Waals surface area contributed by atoms with Gasteiger partial charge >= 0.3 is 0 Å². The average molecular weight is 467 g/mol. The molecule has 0 radical (unpaired) electrons. The van der Waals surface area contributed by atoms with Gasteiger partial charge < -0.3 is 9.84 Å². The average Bonchev–Trinajstić information content (AvgIpc) is 3.14. The maximum atomic E-state index is 13.3. The Kier molecular flexibility index (Phi) is 6.70. The van der Waals surface area contributed by atoms with Crippen LogP contribution in [0.25, 0.3) is 5.76 Å². The van der Waals surface area contributed by atoms with E-state index in [1.54, 1.807) is 60.7 Å². The van der Waals surface area contributed by atoms with Crippen LogP contribution in [0, 0.1) is 25.2 Å². The van der Waals surface area contributed by atoms with E-state index in [4.69, 9.17) is 10.00 Å². The lowest BCUT2D eigenvalue weighted by Crippen LogP contribution is -2.29. The number of nitriles is 1. The van der Waals surface area contributed by atoms with Gasteiger partial charge in [-0.1, -0.05) is 31.2 Å². The second-order valence-corrected chi connectivity index (χ2v) is 8.54. The first-order valence-corrected chi connectivity index (χ1v) is 11.5. The second kappa shape index (κ2) is 9.86. The summed E-state index contributed by atoms with van der Waals surface area (Å²) in [5, 5.41) is 20.4. The molecule has 6 heteroatoms. The Hall–Kier alpha value is -4.37. The summed E-state index contributed by atoms with van der Waals surface area (Å²) in [4.78, 5) is 27.9. The van der Waals surface area contributed by atoms with Gasteiger partial charge in [-0.2, -0.15) is 5.26 Å².